The summed E-state index contributed by atoms with van der Waals surface area (Å²) in [5, 5.41) is 10.1. The minimum atomic E-state index is -0.711. The Morgan fingerprint density at radius 1 is 0.700 bits per heavy atom. The van der Waals surface area contributed by atoms with Crippen LogP contribution in [0.25, 0.3) is 22.6 Å². The first-order chi connectivity index (χ1) is 24.6. The highest BCUT2D eigenvalue weighted by Gasteiger charge is 2.37. The standard InChI is InChI=1S/C41H32N2O6S/c44-24-26-15-17-27(18-16-26)35-23-32(25-50-41-42-36(28-9-3-1-4-10-28)37(49-41)29-11-5-2-6-12-29)47-40(48-35)30-19-21-31(22-20-30)43-38(45)33-13-7-8-14-34(33)39(43)46/h1-22,32,35,40,44H,23-25H2/t32-,35+,40+/m1/s1. The molecule has 6 aromatic rings. The largest absolute Gasteiger partial charge is 0.431 e. The lowest BCUT2D eigenvalue weighted by Crippen LogP contribution is -2.31. The van der Waals surface area contributed by atoms with E-state index in [1.807, 2.05) is 97.1 Å². The van der Waals surface area contributed by atoms with Crippen LogP contribution in [-0.2, 0) is 16.1 Å². The van der Waals surface area contributed by atoms with E-state index in [1.54, 1.807) is 36.4 Å². The summed E-state index contributed by atoms with van der Waals surface area (Å²) >= 11 is 1.49. The molecule has 50 heavy (non-hydrogen) atoms. The normalized spacial score (nSPS) is 18.7. The Bertz CT molecular complexity index is 2040. The minimum absolute atomic E-state index is 0.0393. The number of nitrogens with zero attached hydrogens (tertiary/aromatic N) is 2. The Balaban J connectivity index is 1.05. The Kier molecular flexibility index (Phi) is 8.87. The van der Waals surface area contributed by atoms with Gasteiger partial charge in [-0.15, -0.1) is 0 Å². The predicted molar refractivity (Wildman–Crippen MR) is 191 cm³/mol. The maximum absolute atomic E-state index is 13.1. The molecule has 0 unspecified atom stereocenters. The molecule has 3 heterocycles. The van der Waals surface area contributed by atoms with E-state index >= 15 is 0 Å². The second-order valence-corrected chi connectivity index (χ2v) is 13.1. The number of imide groups is 1. The molecule has 2 aliphatic rings. The number of fused-ring (bicyclic) bond motifs is 1. The maximum atomic E-state index is 13.1. The van der Waals surface area contributed by atoms with E-state index in [4.69, 9.17) is 18.9 Å². The third kappa shape index (κ3) is 6.28. The molecule has 8 rings (SSSR count). The van der Waals surface area contributed by atoms with Crippen molar-refractivity contribution in [3.05, 3.63) is 161 Å². The fourth-order valence-electron chi connectivity index (χ4n) is 6.33. The number of rotatable bonds is 9. The first-order valence-corrected chi connectivity index (χ1v) is 17.4. The number of carbonyl (C=O) groups is 2. The van der Waals surface area contributed by atoms with Gasteiger partial charge in [-0.3, -0.25) is 9.59 Å². The van der Waals surface area contributed by atoms with Crippen LogP contribution in [0.3, 0.4) is 0 Å². The smallest absolute Gasteiger partial charge is 0.266 e. The summed E-state index contributed by atoms with van der Waals surface area (Å²) in [6, 6.07) is 41.7. The van der Waals surface area contributed by atoms with E-state index in [0.29, 0.717) is 40.0 Å². The third-order valence-corrected chi connectivity index (χ3v) is 9.88. The predicted octanol–water partition coefficient (Wildman–Crippen LogP) is 8.64. The average Bonchev–Trinajstić information content (AvgIpc) is 3.73. The van der Waals surface area contributed by atoms with E-state index in [-0.39, 0.29) is 30.6 Å². The molecule has 0 saturated carbocycles. The summed E-state index contributed by atoms with van der Waals surface area (Å²) in [5.41, 5.74) is 6.52. The quantitative estimate of drug-likeness (QED) is 0.120. The van der Waals surface area contributed by atoms with Crippen LogP contribution < -0.4 is 4.90 Å². The number of ether oxygens (including phenoxy) is 2. The molecule has 248 valence electrons. The Morgan fingerprint density at radius 3 is 1.94 bits per heavy atom. The van der Waals surface area contributed by atoms with Crippen LogP contribution in [0.2, 0.25) is 0 Å². The Morgan fingerprint density at radius 2 is 1.30 bits per heavy atom. The highest BCUT2D eigenvalue weighted by atomic mass is 32.2. The molecular weight excluding hydrogens is 649 g/mol. The maximum Gasteiger partial charge on any atom is 0.266 e. The molecule has 0 bridgehead atoms. The summed E-state index contributed by atoms with van der Waals surface area (Å²) in [7, 11) is 0. The van der Waals surface area contributed by atoms with Crippen LogP contribution in [0.5, 0.6) is 0 Å². The van der Waals surface area contributed by atoms with Crippen molar-refractivity contribution in [3.63, 3.8) is 0 Å². The number of amides is 2. The molecule has 0 spiro atoms. The van der Waals surface area contributed by atoms with Crippen LogP contribution in [0, 0.1) is 0 Å². The summed E-state index contributed by atoms with van der Waals surface area (Å²) < 4.78 is 19.5. The van der Waals surface area contributed by atoms with Crippen LogP contribution in [0.4, 0.5) is 5.69 Å². The molecule has 5 aromatic carbocycles. The van der Waals surface area contributed by atoms with Crippen molar-refractivity contribution in [3.8, 4) is 22.6 Å². The highest BCUT2D eigenvalue weighted by molar-refractivity contribution is 7.99. The van der Waals surface area contributed by atoms with Gasteiger partial charge in [0.05, 0.1) is 35.6 Å². The first kappa shape index (κ1) is 31.9. The zero-order chi connectivity index (χ0) is 34.0. The van der Waals surface area contributed by atoms with Crippen molar-refractivity contribution in [2.75, 3.05) is 10.7 Å². The van der Waals surface area contributed by atoms with Gasteiger partial charge in [-0.1, -0.05) is 121 Å². The molecule has 1 saturated heterocycles. The lowest BCUT2D eigenvalue weighted by molar-refractivity contribution is -0.245. The van der Waals surface area contributed by atoms with Gasteiger partial charge in [0, 0.05) is 28.9 Å². The zero-order valence-electron chi connectivity index (χ0n) is 26.8. The zero-order valence-corrected chi connectivity index (χ0v) is 27.7. The lowest BCUT2D eigenvalue weighted by Gasteiger charge is -2.36. The molecule has 2 amide bonds. The van der Waals surface area contributed by atoms with E-state index in [1.165, 1.54) is 16.7 Å². The topological polar surface area (TPSA) is 102 Å². The summed E-state index contributed by atoms with van der Waals surface area (Å²) in [6.45, 7) is -0.0393. The van der Waals surface area contributed by atoms with Gasteiger partial charge in [-0.25, -0.2) is 9.88 Å². The number of hydrogen-bond donors (Lipinski definition) is 1. The van der Waals surface area contributed by atoms with Crippen molar-refractivity contribution in [1.29, 1.82) is 0 Å². The Hall–Kier alpha value is -5.32. The summed E-state index contributed by atoms with van der Waals surface area (Å²) in [4.78, 5) is 32.3. The van der Waals surface area contributed by atoms with Gasteiger partial charge in [0.2, 0.25) is 0 Å². The number of aliphatic hydroxyl groups excluding tert-OH is 1. The number of oxazole rings is 1. The van der Waals surface area contributed by atoms with Crippen molar-refractivity contribution in [2.24, 2.45) is 0 Å². The monoisotopic (exact) mass is 680 g/mol. The van der Waals surface area contributed by atoms with Gasteiger partial charge in [-0.05, 0) is 35.4 Å². The van der Waals surface area contributed by atoms with Gasteiger partial charge in [-0.2, -0.15) is 0 Å². The van der Waals surface area contributed by atoms with E-state index in [0.717, 1.165) is 33.5 Å². The van der Waals surface area contributed by atoms with Crippen LogP contribution >= 0.6 is 11.8 Å². The first-order valence-electron chi connectivity index (χ1n) is 16.4. The molecule has 3 atom stereocenters. The van der Waals surface area contributed by atoms with Crippen molar-refractivity contribution in [1.82, 2.24) is 4.98 Å². The van der Waals surface area contributed by atoms with Gasteiger partial charge in [0.15, 0.2) is 12.1 Å². The molecular formula is C41H32N2O6S. The SMILES string of the molecule is O=C1c2ccccc2C(=O)N1c1ccc([C@H]2O[C@@H](CSc3nc(-c4ccccc4)c(-c4ccccc4)o3)C[C@@H](c3ccc(CO)cc3)O2)cc1. The molecule has 0 radical (unpaired) electrons. The van der Waals surface area contributed by atoms with E-state index in [2.05, 4.69) is 0 Å². The number of carbonyl (C=O) groups excluding carboxylic acids is 2. The third-order valence-electron chi connectivity index (χ3n) is 8.92. The number of hydrogen-bond acceptors (Lipinski definition) is 8. The van der Waals surface area contributed by atoms with Crippen molar-refractivity contribution in [2.45, 2.75) is 36.7 Å². The second-order valence-electron chi connectivity index (χ2n) is 12.1. The molecule has 9 heteroatoms. The number of anilines is 1. The number of thioether (sulfide) groups is 1. The fourth-order valence-corrected chi connectivity index (χ4v) is 7.17. The van der Waals surface area contributed by atoms with Gasteiger partial charge in [0.1, 0.15) is 5.69 Å². The van der Waals surface area contributed by atoms with Crippen molar-refractivity contribution < 1.29 is 28.6 Å². The summed E-state index contributed by atoms with van der Waals surface area (Å²) in [5.74, 6) is 0.583. The van der Waals surface area contributed by atoms with Gasteiger partial charge >= 0.3 is 0 Å². The highest BCUT2D eigenvalue weighted by Crippen LogP contribution is 2.41. The molecule has 8 nitrogen and oxygen atoms in total. The molecule has 1 N–H and O–H groups in total. The second kappa shape index (κ2) is 13.9. The summed E-state index contributed by atoms with van der Waals surface area (Å²) in [6.07, 6.45) is -0.637. The van der Waals surface area contributed by atoms with E-state index in [9.17, 15) is 14.7 Å². The fraction of sp³-hybridized carbons (Fsp3) is 0.146. The molecule has 1 aromatic heterocycles. The van der Waals surface area contributed by atoms with Gasteiger partial charge < -0.3 is 19.0 Å². The number of benzene rings is 5. The number of aliphatic hydroxyl groups is 1. The van der Waals surface area contributed by atoms with Crippen molar-refractivity contribution >= 4 is 29.3 Å². The molecule has 2 aliphatic heterocycles. The van der Waals surface area contributed by atoms with E-state index < -0.39 is 6.29 Å². The van der Waals surface area contributed by atoms with Crippen LogP contribution in [0.15, 0.2) is 143 Å². The lowest BCUT2D eigenvalue weighted by atomic mass is 10.0. The van der Waals surface area contributed by atoms with Gasteiger partial charge in [0.25, 0.3) is 17.0 Å². The minimum Gasteiger partial charge on any atom is -0.431 e. The average molecular weight is 681 g/mol. The van der Waals surface area contributed by atoms with Crippen LogP contribution in [0.1, 0.15) is 56.2 Å². The molecule has 0 aliphatic carbocycles. The number of aromatic nitrogens is 1. The molecule has 1 fully saturated rings. The Labute approximate surface area is 293 Å². The van der Waals surface area contributed by atoms with Crippen LogP contribution in [-0.4, -0.2) is 33.8 Å².